The van der Waals surface area contributed by atoms with Crippen LogP contribution in [0.4, 0.5) is 0 Å². The monoisotopic (exact) mass is 129 g/mol. The Kier molecular flexibility index (Phi) is 3.27. The first-order chi connectivity index (χ1) is 4.18. The second-order valence-electron chi connectivity index (χ2n) is 1.52. The van der Waals surface area contributed by atoms with E-state index in [9.17, 15) is 4.79 Å². The van der Waals surface area contributed by atoms with E-state index in [0.717, 1.165) is 6.54 Å². The van der Waals surface area contributed by atoms with Crippen molar-refractivity contribution in [2.45, 2.75) is 6.92 Å². The highest BCUT2D eigenvalue weighted by atomic mass is 16.1. The molecule has 0 aromatic carbocycles. The van der Waals surface area contributed by atoms with Crippen LogP contribution in [0.15, 0.2) is 11.9 Å². The summed E-state index contributed by atoms with van der Waals surface area (Å²) in [6.45, 7) is 2.62. The normalized spacial score (nSPS) is 11.0. The fourth-order valence-corrected chi connectivity index (χ4v) is 0.283. The van der Waals surface area contributed by atoms with Gasteiger partial charge in [-0.2, -0.15) is 0 Å². The van der Waals surface area contributed by atoms with Gasteiger partial charge in [0.1, 0.15) is 5.70 Å². The molecule has 0 aromatic rings. The summed E-state index contributed by atoms with van der Waals surface area (Å²) in [7, 11) is 0. The number of carbonyl (C=O) groups excluding carboxylic acids is 1. The van der Waals surface area contributed by atoms with Crippen LogP contribution in [0.1, 0.15) is 6.92 Å². The number of hydrogen-bond acceptors (Lipinski definition) is 3. The van der Waals surface area contributed by atoms with Crippen molar-refractivity contribution in [3.8, 4) is 0 Å². The van der Waals surface area contributed by atoms with Crippen molar-refractivity contribution in [2.24, 2.45) is 11.5 Å². The Morgan fingerprint density at radius 3 is 2.56 bits per heavy atom. The van der Waals surface area contributed by atoms with E-state index in [4.69, 9.17) is 11.5 Å². The quantitative estimate of drug-likeness (QED) is 0.422. The van der Waals surface area contributed by atoms with E-state index in [-0.39, 0.29) is 5.70 Å². The Morgan fingerprint density at radius 2 is 2.22 bits per heavy atom. The fourth-order valence-electron chi connectivity index (χ4n) is 0.283. The van der Waals surface area contributed by atoms with Crippen molar-refractivity contribution in [1.29, 1.82) is 0 Å². The number of rotatable bonds is 3. The second-order valence-corrected chi connectivity index (χ2v) is 1.52. The highest BCUT2D eigenvalue weighted by Crippen LogP contribution is 1.74. The summed E-state index contributed by atoms with van der Waals surface area (Å²) in [5.41, 5.74) is 9.98. The number of carbonyl (C=O) groups is 1. The van der Waals surface area contributed by atoms with Gasteiger partial charge in [0, 0.05) is 12.7 Å². The third-order valence-corrected chi connectivity index (χ3v) is 0.746. The minimum absolute atomic E-state index is 0.0526. The first-order valence-corrected chi connectivity index (χ1v) is 2.67. The van der Waals surface area contributed by atoms with Gasteiger partial charge in [0.15, 0.2) is 0 Å². The van der Waals surface area contributed by atoms with Crippen LogP contribution < -0.4 is 16.8 Å². The van der Waals surface area contributed by atoms with Gasteiger partial charge in [-0.3, -0.25) is 4.79 Å². The number of hydrogen-bond donors (Lipinski definition) is 3. The molecule has 4 nitrogen and oxygen atoms in total. The molecule has 0 unspecified atom stereocenters. The van der Waals surface area contributed by atoms with Crippen LogP contribution in [-0.2, 0) is 4.79 Å². The summed E-state index contributed by atoms with van der Waals surface area (Å²) < 4.78 is 0. The zero-order valence-electron chi connectivity index (χ0n) is 5.35. The fraction of sp³-hybridized carbons (Fsp3) is 0.400. The topological polar surface area (TPSA) is 81.1 Å². The molecule has 0 heterocycles. The van der Waals surface area contributed by atoms with Crippen LogP contribution in [0.5, 0.6) is 0 Å². The lowest BCUT2D eigenvalue weighted by Crippen LogP contribution is -2.22. The Labute approximate surface area is 53.9 Å². The highest BCUT2D eigenvalue weighted by molar-refractivity contribution is 5.90. The third kappa shape index (κ3) is 3.40. The van der Waals surface area contributed by atoms with E-state index < -0.39 is 5.91 Å². The molecule has 0 saturated carbocycles. The summed E-state index contributed by atoms with van der Waals surface area (Å²) in [4.78, 5) is 10.2. The summed E-state index contributed by atoms with van der Waals surface area (Å²) in [5.74, 6) is -0.601. The lowest BCUT2D eigenvalue weighted by molar-refractivity contribution is -0.114. The highest BCUT2D eigenvalue weighted by Gasteiger charge is 1.93. The number of amides is 1. The molecule has 0 radical (unpaired) electrons. The average molecular weight is 129 g/mol. The van der Waals surface area contributed by atoms with Crippen LogP contribution in [0.25, 0.3) is 0 Å². The summed E-state index contributed by atoms with van der Waals surface area (Å²) in [6, 6.07) is 0. The Hall–Kier alpha value is -1.19. The predicted molar refractivity (Wildman–Crippen MR) is 35.1 cm³/mol. The van der Waals surface area contributed by atoms with E-state index in [1.54, 1.807) is 0 Å². The van der Waals surface area contributed by atoms with Gasteiger partial charge in [0.25, 0.3) is 5.91 Å². The minimum Gasteiger partial charge on any atom is -0.393 e. The zero-order chi connectivity index (χ0) is 7.28. The molecular weight excluding hydrogens is 118 g/mol. The van der Waals surface area contributed by atoms with Gasteiger partial charge >= 0.3 is 0 Å². The van der Waals surface area contributed by atoms with Crippen LogP contribution in [0.2, 0.25) is 0 Å². The molecule has 9 heavy (non-hydrogen) atoms. The van der Waals surface area contributed by atoms with Gasteiger partial charge in [-0.05, 0) is 6.92 Å². The van der Waals surface area contributed by atoms with Crippen molar-refractivity contribution in [3.63, 3.8) is 0 Å². The van der Waals surface area contributed by atoms with Crippen LogP contribution >= 0.6 is 0 Å². The number of primary amides is 1. The van der Waals surface area contributed by atoms with Gasteiger partial charge in [-0.15, -0.1) is 0 Å². The molecule has 0 rings (SSSR count). The maximum atomic E-state index is 10.2. The molecule has 5 N–H and O–H groups in total. The smallest absolute Gasteiger partial charge is 0.266 e. The van der Waals surface area contributed by atoms with Gasteiger partial charge < -0.3 is 16.8 Å². The molecule has 4 heteroatoms. The van der Waals surface area contributed by atoms with Gasteiger partial charge in [-0.1, -0.05) is 0 Å². The van der Waals surface area contributed by atoms with E-state index in [1.165, 1.54) is 6.20 Å². The molecule has 1 amide bonds. The second kappa shape index (κ2) is 3.77. The van der Waals surface area contributed by atoms with Gasteiger partial charge in [0.2, 0.25) is 0 Å². The number of nitrogens with one attached hydrogen (secondary N) is 1. The van der Waals surface area contributed by atoms with E-state index in [1.807, 2.05) is 6.92 Å². The molecule has 0 saturated heterocycles. The first-order valence-electron chi connectivity index (χ1n) is 2.67. The van der Waals surface area contributed by atoms with E-state index in [2.05, 4.69) is 5.32 Å². The van der Waals surface area contributed by atoms with E-state index in [0.29, 0.717) is 0 Å². The third-order valence-electron chi connectivity index (χ3n) is 0.746. The molecule has 0 aromatic heterocycles. The largest absolute Gasteiger partial charge is 0.393 e. The molecule has 0 spiro atoms. The molecule has 0 aliphatic heterocycles. The SMILES string of the molecule is CCN/C=C(\N)C(N)=O. The van der Waals surface area contributed by atoms with Crippen LogP contribution in [0.3, 0.4) is 0 Å². The molecule has 0 aliphatic carbocycles. The summed E-state index contributed by atoms with van der Waals surface area (Å²) in [5, 5.41) is 2.74. The van der Waals surface area contributed by atoms with Crippen molar-refractivity contribution >= 4 is 5.91 Å². The van der Waals surface area contributed by atoms with Crippen molar-refractivity contribution in [3.05, 3.63) is 11.9 Å². The van der Waals surface area contributed by atoms with Crippen molar-refractivity contribution in [1.82, 2.24) is 5.32 Å². The maximum Gasteiger partial charge on any atom is 0.266 e. The first kappa shape index (κ1) is 7.81. The molecular formula is C5H11N3O. The van der Waals surface area contributed by atoms with Gasteiger partial charge in [0.05, 0.1) is 0 Å². The maximum absolute atomic E-state index is 10.2. The standard InChI is InChI=1S/C5H11N3O/c1-2-8-3-4(6)5(7)9/h3,8H,2,6H2,1H3,(H2,7,9)/b4-3-. The lowest BCUT2D eigenvalue weighted by Gasteiger charge is -1.94. The molecule has 0 atom stereocenters. The van der Waals surface area contributed by atoms with Crippen LogP contribution in [-0.4, -0.2) is 12.5 Å². The summed E-state index contributed by atoms with van der Waals surface area (Å²) >= 11 is 0. The van der Waals surface area contributed by atoms with E-state index >= 15 is 0 Å². The Morgan fingerprint density at radius 1 is 1.67 bits per heavy atom. The minimum atomic E-state index is -0.601. The van der Waals surface area contributed by atoms with Crippen molar-refractivity contribution in [2.75, 3.05) is 6.54 Å². The molecule has 0 aliphatic rings. The summed E-state index contributed by atoms with van der Waals surface area (Å²) in [6.07, 6.45) is 1.39. The average Bonchev–Trinajstić information content (AvgIpc) is 1.82. The Balaban J connectivity index is 3.69. The molecule has 52 valence electrons. The van der Waals surface area contributed by atoms with Crippen LogP contribution in [0, 0.1) is 0 Å². The Bertz CT molecular complexity index is 130. The van der Waals surface area contributed by atoms with Crippen molar-refractivity contribution < 1.29 is 4.79 Å². The predicted octanol–water partition coefficient (Wildman–Crippen LogP) is -1.12. The molecule has 0 fully saturated rings. The lowest BCUT2D eigenvalue weighted by atomic mass is 10.5. The molecule has 0 bridgehead atoms. The zero-order valence-corrected chi connectivity index (χ0v) is 5.35. The van der Waals surface area contributed by atoms with Gasteiger partial charge in [-0.25, -0.2) is 0 Å². The number of nitrogens with two attached hydrogens (primary N) is 2.